The number of morpholine rings is 1. The smallest absolute Gasteiger partial charge is 0.406 e. The van der Waals surface area contributed by atoms with E-state index in [-0.39, 0.29) is 22.8 Å². The molecule has 1 atom stereocenters. The minimum absolute atomic E-state index is 0.00418. The lowest BCUT2D eigenvalue weighted by atomic mass is 10.1. The molecule has 4 aromatic rings. The van der Waals surface area contributed by atoms with Gasteiger partial charge in [-0.1, -0.05) is 30.3 Å². The highest BCUT2D eigenvalue weighted by Gasteiger charge is 2.31. The number of nitrogens with one attached hydrogen (secondary N) is 1. The summed E-state index contributed by atoms with van der Waals surface area (Å²) >= 11 is 0. The number of ether oxygens (including phenoxy) is 2. The second-order valence-corrected chi connectivity index (χ2v) is 10.6. The Balaban J connectivity index is 1.27. The van der Waals surface area contributed by atoms with Crippen molar-refractivity contribution in [2.45, 2.75) is 44.8 Å². The number of anilines is 2. The van der Waals surface area contributed by atoms with Crippen LogP contribution in [-0.4, -0.2) is 51.4 Å². The zero-order chi connectivity index (χ0) is 30.0. The highest BCUT2D eigenvalue weighted by Crippen LogP contribution is 2.28. The van der Waals surface area contributed by atoms with Crippen molar-refractivity contribution < 1.29 is 22.6 Å². The van der Waals surface area contributed by atoms with Crippen LogP contribution in [0, 0.1) is 0 Å². The molecule has 1 unspecified atom stereocenters. The second-order valence-electron chi connectivity index (χ2n) is 10.6. The Morgan fingerprint density at radius 2 is 1.72 bits per heavy atom. The molecule has 3 heterocycles. The van der Waals surface area contributed by atoms with Crippen LogP contribution in [-0.2, 0) is 30.7 Å². The highest BCUT2D eigenvalue weighted by atomic mass is 19.4. The van der Waals surface area contributed by atoms with Gasteiger partial charge in [0.1, 0.15) is 11.4 Å². The van der Waals surface area contributed by atoms with Gasteiger partial charge in [0, 0.05) is 37.0 Å². The van der Waals surface area contributed by atoms with Crippen LogP contribution in [0.4, 0.5) is 24.7 Å². The maximum absolute atomic E-state index is 13.6. The standard InChI is InChI=1S/C31H30F3N5O4/c32-31(33,34)43-24-13-11-22(12-14-24)39-29(40)26-9-4-8-25(26)28(36-39)35-27-10-5-15-38(30(27)41)19-23-20-42-17-16-37(23)18-21-6-2-1-3-7-21/h1-3,5-7,10-15,23H,4,8-9,16-20H2,(H,35,36). The van der Waals surface area contributed by atoms with Crippen molar-refractivity contribution in [1.29, 1.82) is 0 Å². The van der Waals surface area contributed by atoms with Crippen LogP contribution in [0.1, 0.15) is 23.1 Å². The quantitative estimate of drug-likeness (QED) is 0.324. The predicted molar refractivity (Wildman–Crippen MR) is 154 cm³/mol. The van der Waals surface area contributed by atoms with Crippen LogP contribution in [0.3, 0.4) is 0 Å². The minimum Gasteiger partial charge on any atom is -0.406 e. The molecule has 1 N–H and O–H groups in total. The molecule has 1 aliphatic carbocycles. The lowest BCUT2D eigenvalue weighted by Gasteiger charge is -2.36. The van der Waals surface area contributed by atoms with Crippen molar-refractivity contribution >= 4 is 11.5 Å². The van der Waals surface area contributed by atoms with Crippen molar-refractivity contribution in [1.82, 2.24) is 19.2 Å². The average molecular weight is 594 g/mol. The Kier molecular flexibility index (Phi) is 8.04. The zero-order valence-corrected chi connectivity index (χ0v) is 23.2. The second kappa shape index (κ2) is 12.1. The third kappa shape index (κ3) is 6.50. The third-order valence-corrected chi connectivity index (χ3v) is 7.73. The molecule has 2 aromatic carbocycles. The van der Waals surface area contributed by atoms with Crippen LogP contribution in [0.25, 0.3) is 5.69 Å². The zero-order valence-electron chi connectivity index (χ0n) is 23.2. The van der Waals surface area contributed by atoms with Crippen molar-refractivity contribution in [2.75, 3.05) is 25.1 Å². The first-order valence-corrected chi connectivity index (χ1v) is 14.1. The number of hydrogen-bond acceptors (Lipinski definition) is 7. The topological polar surface area (TPSA) is 90.6 Å². The lowest BCUT2D eigenvalue weighted by Crippen LogP contribution is -2.48. The minimum atomic E-state index is -4.83. The van der Waals surface area contributed by atoms with Crippen molar-refractivity contribution in [3.05, 3.63) is 110 Å². The van der Waals surface area contributed by atoms with Gasteiger partial charge in [-0.25, -0.2) is 0 Å². The molecule has 1 saturated heterocycles. The van der Waals surface area contributed by atoms with Gasteiger partial charge in [0.15, 0.2) is 5.82 Å². The Labute approximate surface area is 245 Å². The first-order valence-electron chi connectivity index (χ1n) is 14.1. The maximum Gasteiger partial charge on any atom is 0.573 e. The van der Waals surface area contributed by atoms with E-state index in [9.17, 15) is 22.8 Å². The summed E-state index contributed by atoms with van der Waals surface area (Å²) in [5, 5.41) is 7.67. The molecule has 2 aromatic heterocycles. The van der Waals surface area contributed by atoms with E-state index in [0.717, 1.165) is 41.9 Å². The summed E-state index contributed by atoms with van der Waals surface area (Å²) in [6.07, 6.45) is -1.17. The maximum atomic E-state index is 13.6. The summed E-state index contributed by atoms with van der Waals surface area (Å²) in [4.78, 5) is 29.2. The van der Waals surface area contributed by atoms with E-state index >= 15 is 0 Å². The Hall–Kier alpha value is -4.42. The molecular weight excluding hydrogens is 563 g/mol. The summed E-state index contributed by atoms with van der Waals surface area (Å²) < 4.78 is 50.3. The fourth-order valence-electron chi connectivity index (χ4n) is 5.65. The van der Waals surface area contributed by atoms with Crippen LogP contribution in [0.15, 0.2) is 82.5 Å². The van der Waals surface area contributed by atoms with E-state index in [2.05, 4.69) is 32.2 Å². The van der Waals surface area contributed by atoms with Crippen LogP contribution in [0.5, 0.6) is 5.75 Å². The van der Waals surface area contributed by atoms with E-state index in [1.54, 1.807) is 22.9 Å². The molecule has 1 aliphatic heterocycles. The first kappa shape index (κ1) is 28.7. The van der Waals surface area contributed by atoms with Gasteiger partial charge in [-0.05, 0) is 61.2 Å². The van der Waals surface area contributed by atoms with Gasteiger partial charge < -0.3 is 19.4 Å². The number of halogens is 3. The number of rotatable bonds is 8. The van der Waals surface area contributed by atoms with Crippen molar-refractivity contribution in [3.63, 3.8) is 0 Å². The largest absolute Gasteiger partial charge is 0.573 e. The molecule has 43 heavy (non-hydrogen) atoms. The van der Waals surface area contributed by atoms with Gasteiger partial charge in [0.05, 0.1) is 24.9 Å². The summed E-state index contributed by atoms with van der Waals surface area (Å²) in [5.74, 6) is -0.0383. The summed E-state index contributed by atoms with van der Waals surface area (Å²) in [6.45, 7) is 3.07. The molecule has 6 rings (SSSR count). The van der Waals surface area contributed by atoms with E-state index in [1.165, 1.54) is 17.7 Å². The van der Waals surface area contributed by atoms with Gasteiger partial charge in [-0.2, -0.15) is 4.68 Å². The molecular formula is C31H30F3N5O4. The number of benzene rings is 2. The summed E-state index contributed by atoms with van der Waals surface area (Å²) in [7, 11) is 0. The normalized spacial score (nSPS) is 17.0. The molecule has 224 valence electrons. The van der Waals surface area contributed by atoms with Crippen LogP contribution < -0.4 is 21.2 Å². The first-order chi connectivity index (χ1) is 20.7. The van der Waals surface area contributed by atoms with Gasteiger partial charge in [-0.15, -0.1) is 18.3 Å². The Morgan fingerprint density at radius 3 is 2.49 bits per heavy atom. The lowest BCUT2D eigenvalue weighted by molar-refractivity contribution is -0.274. The van der Waals surface area contributed by atoms with Gasteiger partial charge in [0.2, 0.25) is 0 Å². The molecule has 0 amide bonds. The summed E-state index contributed by atoms with van der Waals surface area (Å²) in [5.41, 5.74) is 2.49. The molecule has 0 spiro atoms. The van der Waals surface area contributed by atoms with E-state index in [1.807, 2.05) is 18.2 Å². The van der Waals surface area contributed by atoms with Crippen molar-refractivity contribution in [3.8, 4) is 11.4 Å². The van der Waals surface area contributed by atoms with Crippen LogP contribution in [0.2, 0.25) is 0 Å². The third-order valence-electron chi connectivity index (χ3n) is 7.73. The molecule has 0 saturated carbocycles. The molecule has 0 bridgehead atoms. The highest BCUT2D eigenvalue weighted by molar-refractivity contribution is 5.61. The number of fused-ring (bicyclic) bond motifs is 1. The van der Waals surface area contributed by atoms with E-state index in [4.69, 9.17) is 4.74 Å². The molecule has 12 heteroatoms. The number of aromatic nitrogens is 3. The van der Waals surface area contributed by atoms with E-state index < -0.39 is 12.1 Å². The molecule has 0 radical (unpaired) electrons. The molecule has 1 fully saturated rings. The molecule has 9 nitrogen and oxygen atoms in total. The number of alkyl halides is 3. The van der Waals surface area contributed by atoms with Crippen LogP contribution >= 0.6 is 0 Å². The number of pyridine rings is 1. The number of nitrogens with zero attached hydrogens (tertiary/aromatic N) is 4. The number of hydrogen-bond donors (Lipinski definition) is 1. The van der Waals surface area contributed by atoms with Gasteiger partial charge in [-0.3, -0.25) is 14.5 Å². The Morgan fingerprint density at radius 1 is 0.953 bits per heavy atom. The fraction of sp³-hybridized carbons (Fsp3) is 0.323. The fourth-order valence-corrected chi connectivity index (χ4v) is 5.65. The van der Waals surface area contributed by atoms with E-state index in [0.29, 0.717) is 49.7 Å². The predicted octanol–water partition coefficient (Wildman–Crippen LogP) is 4.43. The average Bonchev–Trinajstić information content (AvgIpc) is 3.49. The van der Waals surface area contributed by atoms with Crippen molar-refractivity contribution in [2.24, 2.45) is 0 Å². The summed E-state index contributed by atoms with van der Waals surface area (Å²) in [6, 6.07) is 18.5. The SMILES string of the molecule is O=c1c(Nc2nn(-c3ccc(OC(F)(F)F)cc3)c(=O)c3c2CCC3)cccn1CC1COCCN1Cc1ccccc1. The van der Waals surface area contributed by atoms with Gasteiger partial charge in [0.25, 0.3) is 11.1 Å². The van der Waals surface area contributed by atoms with Gasteiger partial charge >= 0.3 is 6.36 Å². The Bertz CT molecular complexity index is 1700. The molecule has 2 aliphatic rings. The monoisotopic (exact) mass is 593 g/mol.